The van der Waals surface area contributed by atoms with Crippen molar-refractivity contribution in [3.63, 3.8) is 0 Å². The van der Waals surface area contributed by atoms with Crippen LogP contribution < -0.4 is 10.1 Å². The summed E-state index contributed by atoms with van der Waals surface area (Å²) < 4.78 is 7.04. The largest absolute Gasteiger partial charge is 0.497 e. The number of nitrogens with one attached hydrogen (secondary N) is 1. The van der Waals surface area contributed by atoms with Crippen LogP contribution >= 0.6 is 11.6 Å². The lowest BCUT2D eigenvalue weighted by atomic mass is 10.2. The van der Waals surface area contributed by atoms with Crippen LogP contribution in [-0.4, -0.2) is 26.9 Å². The van der Waals surface area contributed by atoms with Gasteiger partial charge in [-0.3, -0.25) is 0 Å². The van der Waals surface area contributed by atoms with Crippen LogP contribution in [0.4, 0.5) is 11.6 Å². The van der Waals surface area contributed by atoms with E-state index in [9.17, 15) is 0 Å². The van der Waals surface area contributed by atoms with Crippen molar-refractivity contribution in [2.75, 3.05) is 12.4 Å². The fraction of sp³-hybridized carbons (Fsp3) is 0.0952. The molecule has 4 rings (SSSR count). The highest BCUT2D eigenvalue weighted by atomic mass is 35.5. The Labute approximate surface area is 167 Å². The van der Waals surface area contributed by atoms with Crippen LogP contribution in [0.3, 0.4) is 0 Å². The van der Waals surface area contributed by atoms with Gasteiger partial charge in [-0.1, -0.05) is 17.7 Å². The van der Waals surface area contributed by atoms with Crippen molar-refractivity contribution in [2.45, 2.75) is 6.92 Å². The molecule has 0 unspecified atom stereocenters. The summed E-state index contributed by atoms with van der Waals surface area (Å²) in [7, 11) is 1.65. The van der Waals surface area contributed by atoms with E-state index in [1.165, 1.54) is 0 Å². The number of nitrogens with zero attached hydrogens (tertiary/aromatic N) is 4. The number of anilines is 2. The van der Waals surface area contributed by atoms with Crippen molar-refractivity contribution in [3.05, 3.63) is 77.7 Å². The summed E-state index contributed by atoms with van der Waals surface area (Å²) in [5.74, 6) is 1.30. The number of rotatable bonds is 5. The van der Waals surface area contributed by atoms with Gasteiger partial charge in [-0.25, -0.2) is 14.6 Å². The van der Waals surface area contributed by atoms with Crippen molar-refractivity contribution < 1.29 is 4.74 Å². The van der Waals surface area contributed by atoms with E-state index in [2.05, 4.69) is 20.4 Å². The normalized spacial score (nSPS) is 10.7. The van der Waals surface area contributed by atoms with E-state index >= 15 is 0 Å². The molecular formula is C21H18ClN5O. The van der Waals surface area contributed by atoms with Crippen LogP contribution in [0.2, 0.25) is 5.02 Å². The number of ether oxygens (including phenoxy) is 1. The van der Waals surface area contributed by atoms with Gasteiger partial charge in [0.1, 0.15) is 5.75 Å². The summed E-state index contributed by atoms with van der Waals surface area (Å²) in [5.41, 5.74) is 4.38. The molecule has 0 aliphatic heterocycles. The Kier molecular flexibility index (Phi) is 4.95. The molecule has 140 valence electrons. The average molecular weight is 392 g/mol. The minimum atomic E-state index is 0.497. The average Bonchev–Trinajstić information content (AvgIpc) is 3.10. The monoisotopic (exact) mass is 391 g/mol. The fourth-order valence-electron chi connectivity index (χ4n) is 2.84. The molecular weight excluding hydrogens is 374 g/mol. The maximum atomic E-state index is 6.04. The second kappa shape index (κ2) is 7.70. The highest BCUT2D eigenvalue weighted by Gasteiger charge is 2.11. The third-order valence-electron chi connectivity index (χ3n) is 4.25. The maximum Gasteiger partial charge on any atom is 0.227 e. The van der Waals surface area contributed by atoms with Gasteiger partial charge >= 0.3 is 0 Å². The summed E-state index contributed by atoms with van der Waals surface area (Å²) in [6.07, 6.45) is 3.68. The molecule has 2 aromatic heterocycles. The van der Waals surface area contributed by atoms with Gasteiger partial charge in [-0.2, -0.15) is 5.10 Å². The number of hydrogen-bond donors (Lipinski definition) is 1. The molecule has 0 radical (unpaired) electrons. The smallest absolute Gasteiger partial charge is 0.227 e. The molecule has 4 aromatic rings. The van der Waals surface area contributed by atoms with Crippen LogP contribution in [0.1, 0.15) is 5.69 Å². The molecule has 0 fully saturated rings. The first kappa shape index (κ1) is 18.0. The van der Waals surface area contributed by atoms with Crippen molar-refractivity contribution in [1.82, 2.24) is 19.7 Å². The Hall–Kier alpha value is -3.38. The van der Waals surface area contributed by atoms with Crippen LogP contribution in [0.15, 0.2) is 67.0 Å². The van der Waals surface area contributed by atoms with E-state index in [0.717, 1.165) is 34.1 Å². The SMILES string of the molecule is COc1ccc(-n2cc(-c3ccnc(Nc4cccc(Cl)c4)n3)c(C)n2)cc1. The Morgan fingerprint density at radius 2 is 1.89 bits per heavy atom. The maximum absolute atomic E-state index is 6.04. The molecule has 6 nitrogen and oxygen atoms in total. The quantitative estimate of drug-likeness (QED) is 0.516. The fourth-order valence-corrected chi connectivity index (χ4v) is 3.03. The highest BCUT2D eigenvalue weighted by molar-refractivity contribution is 6.30. The second-order valence-corrected chi connectivity index (χ2v) is 6.61. The van der Waals surface area contributed by atoms with Gasteiger partial charge < -0.3 is 10.1 Å². The molecule has 28 heavy (non-hydrogen) atoms. The predicted molar refractivity (Wildman–Crippen MR) is 111 cm³/mol. The Balaban J connectivity index is 1.63. The molecule has 0 atom stereocenters. The van der Waals surface area contributed by atoms with Gasteiger partial charge in [-0.15, -0.1) is 0 Å². The van der Waals surface area contributed by atoms with E-state index in [1.807, 2.05) is 72.4 Å². The van der Waals surface area contributed by atoms with Crippen molar-refractivity contribution >= 4 is 23.2 Å². The number of halogens is 1. The molecule has 0 amide bonds. The zero-order valence-electron chi connectivity index (χ0n) is 15.4. The van der Waals surface area contributed by atoms with Gasteiger partial charge in [-0.05, 0) is 55.5 Å². The lowest BCUT2D eigenvalue weighted by Gasteiger charge is -2.06. The van der Waals surface area contributed by atoms with E-state index in [0.29, 0.717) is 11.0 Å². The zero-order chi connectivity index (χ0) is 19.5. The number of methoxy groups -OCH3 is 1. The van der Waals surface area contributed by atoms with E-state index in [1.54, 1.807) is 13.3 Å². The van der Waals surface area contributed by atoms with Gasteiger partial charge in [0, 0.05) is 28.7 Å². The van der Waals surface area contributed by atoms with E-state index in [4.69, 9.17) is 16.3 Å². The van der Waals surface area contributed by atoms with Gasteiger partial charge in [0.15, 0.2) is 0 Å². The molecule has 0 aliphatic carbocycles. The lowest BCUT2D eigenvalue weighted by molar-refractivity contribution is 0.414. The molecule has 7 heteroatoms. The first-order valence-corrected chi connectivity index (χ1v) is 9.07. The minimum absolute atomic E-state index is 0.497. The predicted octanol–water partition coefficient (Wildman–Crippen LogP) is 5.04. The minimum Gasteiger partial charge on any atom is -0.497 e. The second-order valence-electron chi connectivity index (χ2n) is 6.17. The Morgan fingerprint density at radius 3 is 2.64 bits per heavy atom. The van der Waals surface area contributed by atoms with E-state index < -0.39 is 0 Å². The summed E-state index contributed by atoms with van der Waals surface area (Å²) in [4.78, 5) is 8.92. The van der Waals surface area contributed by atoms with Gasteiger partial charge in [0.25, 0.3) is 0 Å². The summed E-state index contributed by atoms with van der Waals surface area (Å²) >= 11 is 6.04. The Bertz CT molecular complexity index is 1110. The number of hydrogen-bond acceptors (Lipinski definition) is 5. The molecule has 2 aromatic carbocycles. The molecule has 0 bridgehead atoms. The number of aromatic nitrogens is 4. The van der Waals surface area contributed by atoms with Crippen molar-refractivity contribution in [2.24, 2.45) is 0 Å². The molecule has 1 N–H and O–H groups in total. The number of aryl methyl sites for hydroxylation is 1. The van der Waals surface area contributed by atoms with Crippen molar-refractivity contribution in [1.29, 1.82) is 0 Å². The molecule has 0 saturated carbocycles. The van der Waals surface area contributed by atoms with Crippen LogP contribution in [0, 0.1) is 6.92 Å². The zero-order valence-corrected chi connectivity index (χ0v) is 16.2. The van der Waals surface area contributed by atoms with Crippen molar-refractivity contribution in [3.8, 4) is 22.7 Å². The molecule has 0 aliphatic rings. The number of benzene rings is 2. The standard InChI is InChI=1S/C21H18ClN5O/c1-14-19(13-27(26-14)17-6-8-18(28-2)9-7-17)20-10-11-23-21(25-20)24-16-5-3-4-15(22)12-16/h3-13H,1-2H3,(H,23,24,25). The summed E-state index contributed by atoms with van der Waals surface area (Å²) in [6.45, 7) is 1.96. The lowest BCUT2D eigenvalue weighted by Crippen LogP contribution is -1.97. The van der Waals surface area contributed by atoms with Gasteiger partial charge in [0.05, 0.1) is 24.2 Å². The highest BCUT2D eigenvalue weighted by Crippen LogP contribution is 2.25. The first-order valence-electron chi connectivity index (χ1n) is 8.69. The molecule has 2 heterocycles. The van der Waals surface area contributed by atoms with Crippen LogP contribution in [0.5, 0.6) is 5.75 Å². The summed E-state index contributed by atoms with van der Waals surface area (Å²) in [6, 6.07) is 17.0. The molecule has 0 saturated heterocycles. The third kappa shape index (κ3) is 3.82. The topological polar surface area (TPSA) is 64.9 Å². The van der Waals surface area contributed by atoms with Crippen LogP contribution in [-0.2, 0) is 0 Å². The first-order chi connectivity index (χ1) is 13.6. The van der Waals surface area contributed by atoms with Gasteiger partial charge in [0.2, 0.25) is 5.95 Å². The van der Waals surface area contributed by atoms with E-state index in [-0.39, 0.29) is 0 Å². The third-order valence-corrected chi connectivity index (χ3v) is 4.48. The Morgan fingerprint density at radius 1 is 1.07 bits per heavy atom. The van der Waals surface area contributed by atoms with Crippen LogP contribution in [0.25, 0.3) is 16.9 Å². The molecule has 0 spiro atoms. The summed E-state index contributed by atoms with van der Waals surface area (Å²) in [5, 5.41) is 8.44.